The summed E-state index contributed by atoms with van der Waals surface area (Å²) in [6.45, 7) is 6.22. The molecule has 0 amide bonds. The Morgan fingerprint density at radius 3 is 2.76 bits per heavy atom. The number of nitrogens with zero attached hydrogens (tertiary/aromatic N) is 3. The standard InChI is InChI=1S/C22H27ClFN3O2/c1-5-7-12-29-22(28)17-13(3)25-21-19(16(9-6-2)26-27(21)4)18(17)14-10-8-11-15(23)20(14)24/h8,10-11,17-18H,5-7,9,12H2,1-4H3. The number of aryl methyl sites for hydroxylation is 2. The Kier molecular flexibility index (Phi) is 6.73. The summed E-state index contributed by atoms with van der Waals surface area (Å²) in [5, 5.41) is 4.65. The lowest BCUT2D eigenvalue weighted by Gasteiger charge is -2.30. The van der Waals surface area contributed by atoms with Gasteiger partial charge in [0.15, 0.2) is 5.82 Å². The van der Waals surface area contributed by atoms with Crippen LogP contribution in [-0.2, 0) is 23.0 Å². The van der Waals surface area contributed by atoms with Gasteiger partial charge in [-0.2, -0.15) is 5.10 Å². The maximum Gasteiger partial charge on any atom is 0.315 e. The fourth-order valence-electron chi connectivity index (χ4n) is 3.91. The van der Waals surface area contributed by atoms with Gasteiger partial charge in [-0.1, -0.05) is 50.4 Å². The molecule has 3 rings (SSSR count). The molecule has 1 aromatic heterocycles. The molecule has 0 fully saturated rings. The molecule has 29 heavy (non-hydrogen) atoms. The van der Waals surface area contributed by atoms with Crippen molar-refractivity contribution < 1.29 is 13.9 Å². The number of ether oxygens (including phenoxy) is 1. The topological polar surface area (TPSA) is 56.5 Å². The highest BCUT2D eigenvalue weighted by atomic mass is 35.5. The second-order valence-corrected chi connectivity index (χ2v) is 7.84. The normalized spacial score (nSPS) is 18.3. The van der Waals surface area contributed by atoms with Gasteiger partial charge < -0.3 is 4.74 Å². The molecule has 1 aliphatic rings. The van der Waals surface area contributed by atoms with Gasteiger partial charge in [-0.05, 0) is 31.4 Å². The Morgan fingerprint density at radius 1 is 1.31 bits per heavy atom. The minimum Gasteiger partial charge on any atom is -0.465 e. The third-order valence-electron chi connectivity index (χ3n) is 5.31. The number of hydrogen-bond donors (Lipinski definition) is 0. The third-order valence-corrected chi connectivity index (χ3v) is 5.60. The zero-order valence-electron chi connectivity index (χ0n) is 17.3. The zero-order valence-corrected chi connectivity index (χ0v) is 18.1. The molecule has 5 nitrogen and oxygen atoms in total. The summed E-state index contributed by atoms with van der Waals surface area (Å²) >= 11 is 6.09. The third kappa shape index (κ3) is 4.08. The van der Waals surface area contributed by atoms with E-state index in [1.54, 1.807) is 23.7 Å². The van der Waals surface area contributed by atoms with Gasteiger partial charge in [0.1, 0.15) is 11.7 Å². The molecular weight excluding hydrogens is 393 g/mol. The number of carbonyl (C=O) groups is 1. The number of hydrogen-bond acceptors (Lipinski definition) is 4. The van der Waals surface area contributed by atoms with Crippen molar-refractivity contribution in [3.63, 3.8) is 0 Å². The fourth-order valence-corrected chi connectivity index (χ4v) is 4.09. The maximum absolute atomic E-state index is 15.1. The minimum atomic E-state index is -0.716. The highest BCUT2D eigenvalue weighted by molar-refractivity contribution is 6.30. The molecule has 0 bridgehead atoms. The Morgan fingerprint density at radius 2 is 2.07 bits per heavy atom. The van der Waals surface area contributed by atoms with E-state index in [4.69, 9.17) is 16.3 Å². The number of carbonyl (C=O) groups excluding carboxylic acids is 1. The quantitative estimate of drug-likeness (QED) is 0.448. The predicted molar refractivity (Wildman–Crippen MR) is 113 cm³/mol. The molecule has 2 unspecified atom stereocenters. The van der Waals surface area contributed by atoms with E-state index in [-0.39, 0.29) is 11.0 Å². The summed E-state index contributed by atoms with van der Waals surface area (Å²) < 4.78 is 22.4. The largest absolute Gasteiger partial charge is 0.465 e. The van der Waals surface area contributed by atoms with Gasteiger partial charge >= 0.3 is 5.97 Å². The second kappa shape index (κ2) is 9.08. The van der Waals surface area contributed by atoms with E-state index in [0.717, 1.165) is 30.5 Å². The summed E-state index contributed by atoms with van der Waals surface area (Å²) in [5.74, 6) is -1.54. The Balaban J connectivity index is 2.18. The lowest BCUT2D eigenvalue weighted by atomic mass is 9.76. The SMILES string of the molecule is CCCCOC(=O)C1C(C)=Nc2c(c(CCC)nn2C)C1c1cccc(Cl)c1F. The average Bonchev–Trinajstić information content (AvgIpc) is 2.98. The van der Waals surface area contributed by atoms with Crippen LogP contribution in [0.4, 0.5) is 10.2 Å². The molecule has 0 spiro atoms. The lowest BCUT2D eigenvalue weighted by molar-refractivity contribution is -0.146. The molecule has 2 heterocycles. The molecule has 1 aliphatic heterocycles. The zero-order chi connectivity index (χ0) is 21.1. The molecule has 2 aromatic rings. The molecule has 1 aromatic carbocycles. The first-order valence-electron chi connectivity index (χ1n) is 10.1. The Bertz CT molecular complexity index is 938. The lowest BCUT2D eigenvalue weighted by Crippen LogP contribution is -2.34. The number of unbranched alkanes of at least 4 members (excludes halogenated alkanes) is 1. The van der Waals surface area contributed by atoms with Crippen molar-refractivity contribution in [2.24, 2.45) is 18.0 Å². The Labute approximate surface area is 175 Å². The van der Waals surface area contributed by atoms with Crippen LogP contribution in [0.25, 0.3) is 0 Å². The number of aromatic nitrogens is 2. The van der Waals surface area contributed by atoms with Crippen LogP contribution >= 0.6 is 11.6 Å². The Hall–Kier alpha value is -2.21. The summed E-state index contributed by atoms with van der Waals surface area (Å²) in [6, 6.07) is 4.90. The molecule has 0 saturated carbocycles. The summed E-state index contributed by atoms with van der Waals surface area (Å²) in [4.78, 5) is 17.7. The fraction of sp³-hybridized carbons (Fsp3) is 0.500. The summed E-state index contributed by atoms with van der Waals surface area (Å²) in [7, 11) is 1.82. The molecule has 0 radical (unpaired) electrons. The molecule has 0 saturated heterocycles. The van der Waals surface area contributed by atoms with Crippen LogP contribution in [0.3, 0.4) is 0 Å². The van der Waals surface area contributed by atoms with E-state index < -0.39 is 17.7 Å². The van der Waals surface area contributed by atoms with E-state index in [0.29, 0.717) is 30.1 Å². The van der Waals surface area contributed by atoms with Gasteiger partial charge in [-0.25, -0.2) is 9.38 Å². The van der Waals surface area contributed by atoms with Crippen LogP contribution in [0.5, 0.6) is 0 Å². The molecule has 156 valence electrons. The monoisotopic (exact) mass is 419 g/mol. The van der Waals surface area contributed by atoms with Crippen LogP contribution in [0.1, 0.15) is 62.8 Å². The van der Waals surface area contributed by atoms with Crippen molar-refractivity contribution in [1.82, 2.24) is 9.78 Å². The minimum absolute atomic E-state index is 0.0308. The first-order valence-corrected chi connectivity index (χ1v) is 10.5. The van der Waals surface area contributed by atoms with Gasteiger partial charge in [0, 0.05) is 24.2 Å². The van der Waals surface area contributed by atoms with Crippen LogP contribution in [0.15, 0.2) is 23.2 Å². The molecule has 0 N–H and O–H groups in total. The highest BCUT2D eigenvalue weighted by Gasteiger charge is 2.43. The van der Waals surface area contributed by atoms with E-state index in [2.05, 4.69) is 17.0 Å². The first-order chi connectivity index (χ1) is 13.9. The smallest absolute Gasteiger partial charge is 0.315 e. The molecule has 7 heteroatoms. The predicted octanol–water partition coefficient (Wildman–Crippen LogP) is 5.36. The van der Waals surface area contributed by atoms with Crippen molar-refractivity contribution in [1.29, 1.82) is 0 Å². The van der Waals surface area contributed by atoms with Gasteiger partial charge in [0.25, 0.3) is 0 Å². The number of esters is 1. The van der Waals surface area contributed by atoms with E-state index >= 15 is 4.39 Å². The van der Waals surface area contributed by atoms with Crippen molar-refractivity contribution in [2.75, 3.05) is 6.61 Å². The molecular formula is C22H27ClFN3O2. The van der Waals surface area contributed by atoms with Crippen molar-refractivity contribution in [3.05, 3.63) is 45.9 Å². The number of benzene rings is 1. The second-order valence-electron chi connectivity index (χ2n) is 7.43. The van der Waals surface area contributed by atoms with Crippen LogP contribution in [0, 0.1) is 11.7 Å². The first kappa shape index (κ1) is 21.5. The van der Waals surface area contributed by atoms with E-state index in [1.165, 1.54) is 6.07 Å². The van der Waals surface area contributed by atoms with Crippen LogP contribution < -0.4 is 0 Å². The summed E-state index contributed by atoms with van der Waals surface area (Å²) in [5.41, 5.74) is 2.58. The van der Waals surface area contributed by atoms with Gasteiger partial charge in [0.05, 0.1) is 17.3 Å². The maximum atomic E-state index is 15.1. The van der Waals surface area contributed by atoms with Crippen molar-refractivity contribution >= 4 is 29.1 Å². The van der Waals surface area contributed by atoms with Crippen molar-refractivity contribution in [2.45, 2.75) is 52.4 Å². The highest BCUT2D eigenvalue weighted by Crippen LogP contribution is 2.46. The van der Waals surface area contributed by atoms with E-state index in [9.17, 15) is 4.79 Å². The summed E-state index contributed by atoms with van der Waals surface area (Å²) in [6.07, 6.45) is 3.30. The van der Waals surface area contributed by atoms with Gasteiger partial charge in [0.2, 0.25) is 0 Å². The van der Waals surface area contributed by atoms with Gasteiger partial charge in [-0.15, -0.1) is 0 Å². The number of fused-ring (bicyclic) bond motifs is 1. The molecule has 2 atom stereocenters. The average molecular weight is 420 g/mol. The number of halogens is 2. The van der Waals surface area contributed by atoms with Gasteiger partial charge in [-0.3, -0.25) is 9.48 Å². The number of rotatable bonds is 7. The van der Waals surface area contributed by atoms with Crippen LogP contribution in [0.2, 0.25) is 5.02 Å². The molecule has 0 aliphatic carbocycles. The van der Waals surface area contributed by atoms with E-state index in [1.807, 2.05) is 14.0 Å². The van der Waals surface area contributed by atoms with Crippen molar-refractivity contribution in [3.8, 4) is 0 Å². The van der Waals surface area contributed by atoms with Crippen LogP contribution in [-0.4, -0.2) is 28.1 Å². The number of aliphatic imine (C=N–C) groups is 1.